The van der Waals surface area contributed by atoms with Crippen LogP contribution in [0, 0.1) is 5.92 Å². The Morgan fingerprint density at radius 2 is 1.19 bits per heavy atom. The van der Waals surface area contributed by atoms with Crippen LogP contribution in [0.4, 0.5) is 11.4 Å². The molecular formula is C59H48N2S. The number of aromatic nitrogens is 1. The van der Waals surface area contributed by atoms with Gasteiger partial charge in [0, 0.05) is 43.2 Å². The van der Waals surface area contributed by atoms with Crippen molar-refractivity contribution >= 4 is 81.0 Å². The van der Waals surface area contributed by atoms with E-state index in [1.54, 1.807) is 0 Å². The summed E-state index contributed by atoms with van der Waals surface area (Å²) in [6.07, 6.45) is 12.3. The van der Waals surface area contributed by atoms with Gasteiger partial charge in [0.2, 0.25) is 0 Å². The highest BCUT2D eigenvalue weighted by atomic mass is 32.1. The van der Waals surface area contributed by atoms with E-state index in [2.05, 4.69) is 204 Å². The molecule has 1 saturated carbocycles. The van der Waals surface area contributed by atoms with Gasteiger partial charge in [0.1, 0.15) is 0 Å². The Kier molecular flexibility index (Phi) is 9.19. The van der Waals surface area contributed by atoms with Crippen molar-refractivity contribution in [3.63, 3.8) is 0 Å². The highest BCUT2D eigenvalue weighted by molar-refractivity contribution is 7.26. The van der Waals surface area contributed by atoms with E-state index in [0.29, 0.717) is 11.8 Å². The molecule has 0 amide bonds. The summed E-state index contributed by atoms with van der Waals surface area (Å²) in [4.78, 5) is 2.64. The highest BCUT2D eigenvalue weighted by Crippen LogP contribution is 2.51. The molecule has 2 aliphatic carbocycles. The smallest absolute Gasteiger partial charge is 0.0640 e. The van der Waals surface area contributed by atoms with Gasteiger partial charge < -0.3 is 9.47 Å². The standard InChI is InChI=1S/C59H48N2S/c1-39-36-37-53(50(38-39)47-29-16-33-54-58(47)49-26-9-12-32-52(49)60(54)42-22-6-3-7-23-42)61(55-34-17-30-48-45-25-10-13-35-56(45)62-59(48)55)51-31-11-8-24-44(51)46-28-15-21-41-20-14-27-43(57(41)46)40-18-4-2-5-19-40/h3,6-17,20-37,39-40H,2,4-5,18-19,38H2,1H3. The molecule has 2 nitrogen and oxygen atoms in total. The fourth-order valence-corrected chi connectivity index (χ4v) is 12.2. The first-order valence-corrected chi connectivity index (χ1v) is 23.3. The maximum Gasteiger partial charge on any atom is 0.0640 e. The first-order valence-electron chi connectivity index (χ1n) is 22.5. The Morgan fingerprint density at radius 3 is 2.08 bits per heavy atom. The lowest BCUT2D eigenvalue weighted by Gasteiger charge is -2.34. The van der Waals surface area contributed by atoms with Gasteiger partial charge >= 0.3 is 0 Å². The molecule has 0 radical (unpaired) electrons. The molecular weight excluding hydrogens is 769 g/mol. The van der Waals surface area contributed by atoms with E-state index >= 15 is 0 Å². The summed E-state index contributed by atoms with van der Waals surface area (Å²) >= 11 is 1.91. The highest BCUT2D eigenvalue weighted by Gasteiger charge is 2.29. The molecule has 8 aromatic carbocycles. The van der Waals surface area contributed by atoms with Gasteiger partial charge in [0.05, 0.1) is 27.1 Å². The number of thiophene rings is 1. The first kappa shape index (κ1) is 37.1. The fraction of sp³-hybridized carbons (Fsp3) is 0.153. The second kappa shape index (κ2) is 15.3. The van der Waals surface area contributed by atoms with Crippen LogP contribution in [0.15, 0.2) is 194 Å². The van der Waals surface area contributed by atoms with Crippen molar-refractivity contribution in [3.8, 4) is 16.8 Å². The minimum absolute atomic E-state index is 0.375. The second-order valence-corrected chi connectivity index (χ2v) is 18.5. The molecule has 0 spiro atoms. The number of hydrogen-bond donors (Lipinski definition) is 0. The monoisotopic (exact) mass is 816 g/mol. The molecule has 2 heterocycles. The molecule has 12 rings (SSSR count). The van der Waals surface area contributed by atoms with Crippen LogP contribution >= 0.6 is 11.3 Å². The van der Waals surface area contributed by atoms with Crippen molar-refractivity contribution in [2.45, 2.75) is 51.4 Å². The average molecular weight is 817 g/mol. The van der Waals surface area contributed by atoms with Gasteiger partial charge in [-0.15, -0.1) is 11.3 Å². The molecule has 3 heteroatoms. The lowest BCUT2D eigenvalue weighted by molar-refractivity contribution is 0.445. The maximum absolute atomic E-state index is 2.64. The number of fused-ring (bicyclic) bond motifs is 7. The van der Waals surface area contributed by atoms with Crippen LogP contribution in [0.1, 0.15) is 62.5 Å². The van der Waals surface area contributed by atoms with E-state index < -0.39 is 0 Å². The minimum atomic E-state index is 0.375. The zero-order valence-corrected chi connectivity index (χ0v) is 35.9. The van der Waals surface area contributed by atoms with Gasteiger partial charge in [-0.1, -0.05) is 166 Å². The van der Waals surface area contributed by atoms with E-state index in [1.807, 2.05) is 11.3 Å². The van der Waals surface area contributed by atoms with Crippen molar-refractivity contribution < 1.29 is 0 Å². The van der Waals surface area contributed by atoms with Crippen molar-refractivity contribution in [2.24, 2.45) is 5.92 Å². The van der Waals surface area contributed by atoms with Crippen LogP contribution in [0.2, 0.25) is 0 Å². The molecule has 10 aromatic rings. The molecule has 0 N–H and O–H groups in total. The Labute approximate surface area is 367 Å². The SMILES string of the molecule is CC1C=CC(N(c2ccccc2-c2cccc3cccc(C4CCCCC4)c23)c2cccc3c2sc2ccccc23)=C(c2cccc3c2c2ccccc2n3-c2ccccc2)C1. The number of nitrogens with zero attached hydrogens (tertiary/aromatic N) is 2. The van der Waals surface area contributed by atoms with Crippen LogP contribution < -0.4 is 4.90 Å². The zero-order valence-electron chi connectivity index (χ0n) is 35.1. The number of anilines is 2. The van der Waals surface area contributed by atoms with Crippen LogP contribution in [-0.4, -0.2) is 4.57 Å². The average Bonchev–Trinajstić information content (AvgIpc) is 3.89. The van der Waals surface area contributed by atoms with E-state index in [0.717, 1.165) is 6.42 Å². The molecule has 2 aromatic heterocycles. The van der Waals surface area contributed by atoms with Gasteiger partial charge in [-0.2, -0.15) is 0 Å². The van der Waals surface area contributed by atoms with E-state index in [1.165, 1.54) is 135 Å². The summed E-state index contributed by atoms with van der Waals surface area (Å²) in [5, 5.41) is 7.94. The normalized spacial score (nSPS) is 16.0. The van der Waals surface area contributed by atoms with Gasteiger partial charge in [-0.3, -0.25) is 0 Å². The number of para-hydroxylation sites is 3. The van der Waals surface area contributed by atoms with Crippen molar-refractivity contribution in [1.82, 2.24) is 4.57 Å². The van der Waals surface area contributed by atoms with E-state index in [-0.39, 0.29) is 0 Å². The molecule has 0 saturated heterocycles. The van der Waals surface area contributed by atoms with Crippen molar-refractivity contribution in [3.05, 3.63) is 205 Å². The molecule has 300 valence electrons. The molecule has 0 aliphatic heterocycles. The Hall–Kier alpha value is -6.68. The third-order valence-electron chi connectivity index (χ3n) is 13.7. The van der Waals surface area contributed by atoms with Crippen LogP contribution in [-0.2, 0) is 0 Å². The largest absolute Gasteiger partial charge is 0.309 e. The molecule has 1 atom stereocenters. The second-order valence-electron chi connectivity index (χ2n) is 17.5. The molecule has 1 unspecified atom stereocenters. The molecule has 2 aliphatic rings. The summed E-state index contributed by atoms with van der Waals surface area (Å²) in [6, 6.07) is 65.9. The quantitative estimate of drug-likeness (QED) is 0.156. The number of allylic oxidation sites excluding steroid dienone is 3. The summed E-state index contributed by atoms with van der Waals surface area (Å²) < 4.78 is 5.07. The zero-order chi connectivity index (χ0) is 41.1. The van der Waals surface area contributed by atoms with Crippen molar-refractivity contribution in [1.29, 1.82) is 0 Å². The lowest BCUT2D eigenvalue weighted by atomic mass is 9.80. The topological polar surface area (TPSA) is 8.17 Å². The number of hydrogen-bond acceptors (Lipinski definition) is 2. The third kappa shape index (κ3) is 6.05. The summed E-state index contributed by atoms with van der Waals surface area (Å²) in [5.74, 6) is 0.958. The van der Waals surface area contributed by atoms with Crippen LogP contribution in [0.3, 0.4) is 0 Å². The maximum atomic E-state index is 2.64. The van der Waals surface area contributed by atoms with Gasteiger partial charge in [0.15, 0.2) is 0 Å². The van der Waals surface area contributed by atoms with Crippen molar-refractivity contribution in [2.75, 3.05) is 4.90 Å². The number of benzene rings is 8. The first-order chi connectivity index (χ1) is 30.7. The Bertz CT molecular complexity index is 3390. The summed E-state index contributed by atoms with van der Waals surface area (Å²) in [7, 11) is 0. The summed E-state index contributed by atoms with van der Waals surface area (Å²) in [5.41, 5.74) is 14.0. The van der Waals surface area contributed by atoms with E-state index in [9.17, 15) is 0 Å². The number of rotatable bonds is 7. The van der Waals surface area contributed by atoms with Gasteiger partial charge in [0.25, 0.3) is 0 Å². The van der Waals surface area contributed by atoms with Gasteiger partial charge in [-0.05, 0) is 113 Å². The molecule has 62 heavy (non-hydrogen) atoms. The van der Waals surface area contributed by atoms with E-state index in [4.69, 9.17) is 0 Å². The third-order valence-corrected chi connectivity index (χ3v) is 14.9. The minimum Gasteiger partial charge on any atom is -0.309 e. The Balaban J connectivity index is 1.17. The predicted octanol–water partition coefficient (Wildman–Crippen LogP) is 17.2. The fourth-order valence-electron chi connectivity index (χ4n) is 11.0. The van der Waals surface area contributed by atoms with Crippen LogP contribution in [0.25, 0.3) is 75.1 Å². The Morgan fingerprint density at radius 1 is 0.532 bits per heavy atom. The predicted molar refractivity (Wildman–Crippen MR) is 267 cm³/mol. The van der Waals surface area contributed by atoms with Gasteiger partial charge in [-0.25, -0.2) is 0 Å². The van der Waals surface area contributed by atoms with Crippen LogP contribution in [0.5, 0.6) is 0 Å². The summed E-state index contributed by atoms with van der Waals surface area (Å²) in [6.45, 7) is 2.37. The lowest BCUT2D eigenvalue weighted by Crippen LogP contribution is -2.20. The molecule has 1 fully saturated rings. The molecule has 0 bridgehead atoms.